The molecule has 53 heavy (non-hydrogen) atoms. The highest BCUT2D eigenvalue weighted by molar-refractivity contribution is 5.89. The van der Waals surface area contributed by atoms with Gasteiger partial charge in [-0.05, 0) is 82.9 Å². The van der Waals surface area contributed by atoms with Gasteiger partial charge in [0, 0.05) is 27.9 Å². The van der Waals surface area contributed by atoms with Crippen molar-refractivity contribution in [2.45, 2.75) is 5.41 Å². The number of nitrogens with zero attached hydrogens (tertiary/aromatic N) is 1. The van der Waals surface area contributed by atoms with Crippen LogP contribution in [0, 0.1) is 0 Å². The van der Waals surface area contributed by atoms with Crippen LogP contribution in [0.4, 0.5) is 17.1 Å². The minimum Gasteiger partial charge on any atom is -0.457 e. The molecule has 0 bridgehead atoms. The van der Waals surface area contributed by atoms with E-state index in [0.717, 1.165) is 96.1 Å². The van der Waals surface area contributed by atoms with Gasteiger partial charge in [-0.1, -0.05) is 127 Å². The number of fused-ring (bicyclic) bond motifs is 10. The molecule has 3 aliphatic heterocycles. The van der Waals surface area contributed by atoms with Crippen molar-refractivity contribution in [3.63, 3.8) is 0 Å². The lowest BCUT2D eigenvalue weighted by molar-refractivity contribution is 0.399. The molecule has 0 amide bonds. The SMILES string of the molecule is c1ccc(-c2ccc3c(c2)Oc2ccccc2C32c3ccccc3Oc3cc(-c4ccc5c(c4)N(c4ccccc4)c4ccccc4O5)ccc32)cc1. The molecule has 0 aromatic heterocycles. The van der Waals surface area contributed by atoms with Crippen LogP contribution in [0.2, 0.25) is 0 Å². The number of hydrogen-bond donors (Lipinski definition) is 0. The fourth-order valence-corrected chi connectivity index (χ4v) is 8.45. The van der Waals surface area contributed by atoms with E-state index in [1.165, 1.54) is 0 Å². The van der Waals surface area contributed by atoms with E-state index in [9.17, 15) is 0 Å². The zero-order chi connectivity index (χ0) is 34.9. The summed E-state index contributed by atoms with van der Waals surface area (Å²) >= 11 is 0. The average molecular weight is 682 g/mol. The second-order valence-electron chi connectivity index (χ2n) is 13.7. The molecule has 1 spiro atoms. The third-order valence-electron chi connectivity index (χ3n) is 10.8. The zero-order valence-electron chi connectivity index (χ0n) is 28.6. The van der Waals surface area contributed by atoms with Gasteiger partial charge in [0.15, 0.2) is 11.5 Å². The van der Waals surface area contributed by atoms with Crippen LogP contribution in [0.15, 0.2) is 188 Å². The summed E-state index contributed by atoms with van der Waals surface area (Å²) in [6, 6.07) is 65.7. The molecule has 3 aliphatic rings. The summed E-state index contributed by atoms with van der Waals surface area (Å²) in [6.45, 7) is 0. The predicted octanol–water partition coefficient (Wildman–Crippen LogP) is 13.2. The molecule has 0 aliphatic carbocycles. The van der Waals surface area contributed by atoms with Crippen LogP contribution in [0.3, 0.4) is 0 Å². The molecular formula is C49H31NO3. The summed E-state index contributed by atoms with van der Waals surface area (Å²) in [6.07, 6.45) is 0. The molecule has 8 aromatic carbocycles. The monoisotopic (exact) mass is 681 g/mol. The summed E-state index contributed by atoms with van der Waals surface area (Å²) < 4.78 is 20.1. The van der Waals surface area contributed by atoms with Crippen LogP contribution in [-0.2, 0) is 5.41 Å². The van der Waals surface area contributed by atoms with E-state index in [1.807, 2.05) is 36.4 Å². The van der Waals surface area contributed by atoms with E-state index in [-0.39, 0.29) is 0 Å². The lowest BCUT2D eigenvalue weighted by Gasteiger charge is -2.45. The molecule has 0 saturated carbocycles. The largest absolute Gasteiger partial charge is 0.457 e. The third-order valence-corrected chi connectivity index (χ3v) is 10.8. The summed E-state index contributed by atoms with van der Waals surface area (Å²) in [5.74, 6) is 4.97. The highest BCUT2D eigenvalue weighted by Crippen LogP contribution is 2.62. The molecule has 8 aromatic rings. The smallest absolute Gasteiger partial charge is 0.151 e. The molecule has 0 N–H and O–H groups in total. The number of benzene rings is 8. The molecule has 11 rings (SSSR count). The second-order valence-corrected chi connectivity index (χ2v) is 13.7. The fraction of sp³-hybridized carbons (Fsp3) is 0.0204. The number of anilines is 3. The van der Waals surface area contributed by atoms with Gasteiger partial charge in [-0.2, -0.15) is 0 Å². The number of ether oxygens (including phenoxy) is 3. The van der Waals surface area contributed by atoms with Crippen LogP contribution in [-0.4, -0.2) is 0 Å². The third kappa shape index (κ3) is 4.42. The van der Waals surface area contributed by atoms with Crippen molar-refractivity contribution in [2.24, 2.45) is 0 Å². The van der Waals surface area contributed by atoms with Gasteiger partial charge in [0.1, 0.15) is 23.0 Å². The Morgan fingerprint density at radius 1 is 0.302 bits per heavy atom. The first-order chi connectivity index (χ1) is 26.3. The van der Waals surface area contributed by atoms with Crippen molar-refractivity contribution in [1.29, 1.82) is 0 Å². The van der Waals surface area contributed by atoms with Gasteiger partial charge in [-0.15, -0.1) is 0 Å². The van der Waals surface area contributed by atoms with Crippen LogP contribution in [0.5, 0.6) is 34.5 Å². The molecule has 1 unspecified atom stereocenters. The van der Waals surface area contributed by atoms with E-state index in [4.69, 9.17) is 14.2 Å². The van der Waals surface area contributed by atoms with Crippen molar-refractivity contribution in [3.8, 4) is 56.8 Å². The molecule has 0 radical (unpaired) electrons. The first-order valence-corrected chi connectivity index (χ1v) is 17.9. The number of para-hydroxylation sites is 5. The van der Waals surface area contributed by atoms with Gasteiger partial charge >= 0.3 is 0 Å². The number of rotatable bonds is 3. The molecule has 4 nitrogen and oxygen atoms in total. The normalized spacial score (nSPS) is 15.7. The summed E-state index contributed by atoms with van der Waals surface area (Å²) in [7, 11) is 0. The summed E-state index contributed by atoms with van der Waals surface area (Å²) in [5, 5.41) is 0. The van der Waals surface area contributed by atoms with Crippen molar-refractivity contribution < 1.29 is 14.2 Å². The van der Waals surface area contributed by atoms with Crippen molar-refractivity contribution >= 4 is 17.1 Å². The Morgan fingerprint density at radius 2 is 0.755 bits per heavy atom. The minimum atomic E-state index is -0.667. The highest BCUT2D eigenvalue weighted by atomic mass is 16.5. The molecule has 3 heterocycles. The Balaban J connectivity index is 1.10. The van der Waals surface area contributed by atoms with Crippen molar-refractivity contribution in [1.82, 2.24) is 0 Å². The Kier molecular flexibility index (Phi) is 6.43. The summed E-state index contributed by atoms with van der Waals surface area (Å²) in [4.78, 5) is 2.28. The summed E-state index contributed by atoms with van der Waals surface area (Å²) in [5.41, 5.74) is 11.1. The maximum atomic E-state index is 6.86. The second kappa shape index (κ2) is 11.5. The average Bonchev–Trinajstić information content (AvgIpc) is 3.22. The molecular weight excluding hydrogens is 651 g/mol. The van der Waals surface area contributed by atoms with Gasteiger partial charge in [-0.3, -0.25) is 0 Å². The topological polar surface area (TPSA) is 30.9 Å². The molecule has 250 valence electrons. The maximum Gasteiger partial charge on any atom is 0.151 e. The van der Waals surface area contributed by atoms with Crippen molar-refractivity contribution in [2.75, 3.05) is 4.90 Å². The first kappa shape index (κ1) is 29.7. The van der Waals surface area contributed by atoms with E-state index < -0.39 is 5.41 Å². The van der Waals surface area contributed by atoms with E-state index in [2.05, 4.69) is 157 Å². The number of hydrogen-bond acceptors (Lipinski definition) is 4. The van der Waals surface area contributed by atoms with Gasteiger partial charge < -0.3 is 19.1 Å². The van der Waals surface area contributed by atoms with E-state index in [0.29, 0.717) is 0 Å². The molecule has 0 fully saturated rings. The highest BCUT2D eigenvalue weighted by Gasteiger charge is 2.50. The Hall–Kier alpha value is -7.04. The molecule has 4 heteroatoms. The van der Waals surface area contributed by atoms with Gasteiger partial charge in [0.05, 0.1) is 16.8 Å². The molecule has 0 saturated heterocycles. The van der Waals surface area contributed by atoms with Crippen molar-refractivity contribution in [3.05, 3.63) is 210 Å². The standard InChI is InChI=1S/C49H31NO3/c1-3-13-32(14-4-1)34-23-26-39-47(30-34)51-43-20-10-7-17-37(43)49(39)38-18-8-11-21-44(38)52-48-31-35(24-27-40(48)49)33-25-28-46-42(29-33)50(36-15-5-2-6-16-36)41-19-9-12-22-45(41)53-46/h1-31H. The van der Waals surface area contributed by atoms with Crippen LogP contribution in [0.25, 0.3) is 22.3 Å². The van der Waals surface area contributed by atoms with E-state index in [1.54, 1.807) is 0 Å². The predicted molar refractivity (Wildman–Crippen MR) is 211 cm³/mol. The van der Waals surface area contributed by atoms with Crippen LogP contribution >= 0.6 is 0 Å². The lowest BCUT2D eigenvalue weighted by atomic mass is 9.62. The Labute approximate surface area is 307 Å². The Bertz CT molecular complexity index is 2710. The lowest BCUT2D eigenvalue weighted by Crippen LogP contribution is -2.36. The quantitative estimate of drug-likeness (QED) is 0.186. The maximum absolute atomic E-state index is 6.86. The zero-order valence-corrected chi connectivity index (χ0v) is 28.6. The fourth-order valence-electron chi connectivity index (χ4n) is 8.45. The molecule has 1 atom stereocenters. The minimum absolute atomic E-state index is 0.667. The van der Waals surface area contributed by atoms with Crippen LogP contribution < -0.4 is 19.1 Å². The van der Waals surface area contributed by atoms with Gasteiger partial charge in [0.25, 0.3) is 0 Å². The van der Waals surface area contributed by atoms with Crippen LogP contribution in [0.1, 0.15) is 22.3 Å². The van der Waals surface area contributed by atoms with Gasteiger partial charge in [0.2, 0.25) is 0 Å². The first-order valence-electron chi connectivity index (χ1n) is 17.9. The Morgan fingerprint density at radius 3 is 1.42 bits per heavy atom. The van der Waals surface area contributed by atoms with E-state index >= 15 is 0 Å². The van der Waals surface area contributed by atoms with Gasteiger partial charge in [-0.25, -0.2) is 0 Å².